The molecule has 0 spiro atoms. The Morgan fingerprint density at radius 3 is 2.62 bits per heavy atom. The predicted octanol–water partition coefficient (Wildman–Crippen LogP) is 1.51. The molecule has 0 saturated carbocycles. The van der Waals surface area contributed by atoms with E-state index in [1.54, 1.807) is 0 Å². The highest BCUT2D eigenvalue weighted by Gasteiger charge is 2.17. The summed E-state index contributed by atoms with van der Waals surface area (Å²) in [6.45, 7) is 1.73. The van der Waals surface area contributed by atoms with Crippen molar-refractivity contribution in [1.82, 2.24) is 0 Å². The lowest BCUT2D eigenvalue weighted by Crippen LogP contribution is -2.37. The summed E-state index contributed by atoms with van der Waals surface area (Å²) in [7, 11) is -0.644. The van der Waals surface area contributed by atoms with Crippen LogP contribution < -0.4 is 4.90 Å². The average Bonchev–Trinajstić information content (AvgIpc) is 2.30. The smallest absolute Gasteiger partial charge is 0.0682 e. The lowest BCUT2D eigenvalue weighted by atomic mass is 10.2. The maximum Gasteiger partial charge on any atom is 0.0682 e. The second-order valence-electron chi connectivity index (χ2n) is 3.78. The van der Waals surface area contributed by atoms with Gasteiger partial charge in [0, 0.05) is 39.9 Å². The van der Waals surface area contributed by atoms with Gasteiger partial charge in [-0.1, -0.05) is 6.07 Å². The van der Waals surface area contributed by atoms with Crippen LogP contribution in [0.25, 0.3) is 0 Å². The van der Waals surface area contributed by atoms with E-state index in [2.05, 4.69) is 20.8 Å². The molecule has 0 amide bonds. The van der Waals surface area contributed by atoms with E-state index in [4.69, 9.17) is 5.11 Å². The number of hydrogen-bond donors (Lipinski definition) is 1. The van der Waals surface area contributed by atoms with Crippen molar-refractivity contribution in [2.75, 3.05) is 29.5 Å². The van der Waals surface area contributed by atoms with E-state index in [-0.39, 0.29) is 6.61 Å². The summed E-state index contributed by atoms with van der Waals surface area (Å²) in [5.74, 6) is 1.49. The first-order valence-corrected chi connectivity index (χ1v) is 7.48. The largest absolute Gasteiger partial charge is 0.392 e. The molecular formula is C11H14BrNO2S. The molecular weight excluding hydrogens is 290 g/mol. The molecule has 0 atom stereocenters. The average molecular weight is 304 g/mol. The van der Waals surface area contributed by atoms with Crippen LogP contribution in [0.5, 0.6) is 0 Å². The molecule has 1 saturated heterocycles. The van der Waals surface area contributed by atoms with Crippen LogP contribution in [0.15, 0.2) is 22.7 Å². The minimum Gasteiger partial charge on any atom is -0.392 e. The number of benzene rings is 1. The number of aliphatic hydroxyl groups is 1. The molecule has 0 unspecified atom stereocenters. The molecule has 16 heavy (non-hydrogen) atoms. The minimum atomic E-state index is -0.644. The molecule has 5 heteroatoms. The van der Waals surface area contributed by atoms with Crippen molar-refractivity contribution in [3.63, 3.8) is 0 Å². The zero-order chi connectivity index (χ0) is 11.5. The van der Waals surface area contributed by atoms with Gasteiger partial charge in [-0.25, -0.2) is 0 Å². The molecule has 88 valence electrons. The van der Waals surface area contributed by atoms with Crippen molar-refractivity contribution >= 4 is 32.4 Å². The van der Waals surface area contributed by atoms with E-state index in [1.165, 1.54) is 0 Å². The number of hydrogen-bond acceptors (Lipinski definition) is 3. The predicted molar refractivity (Wildman–Crippen MR) is 70.2 cm³/mol. The number of anilines is 1. The molecule has 1 aromatic carbocycles. The van der Waals surface area contributed by atoms with Gasteiger partial charge in [-0.2, -0.15) is 0 Å². The molecule has 3 nitrogen and oxygen atoms in total. The van der Waals surface area contributed by atoms with Gasteiger partial charge in [0.1, 0.15) is 0 Å². The monoisotopic (exact) mass is 303 g/mol. The molecule has 0 bridgehead atoms. The normalized spacial score (nSPS) is 17.8. The Bertz CT molecular complexity index is 401. The fourth-order valence-corrected chi connectivity index (χ4v) is 3.51. The topological polar surface area (TPSA) is 40.5 Å². The van der Waals surface area contributed by atoms with Gasteiger partial charge < -0.3 is 10.0 Å². The maximum absolute atomic E-state index is 11.3. The van der Waals surface area contributed by atoms with Crippen molar-refractivity contribution in [2.24, 2.45) is 0 Å². The molecule has 1 aromatic rings. The Kier molecular flexibility index (Phi) is 4.00. The van der Waals surface area contributed by atoms with Crippen LogP contribution in [0.4, 0.5) is 5.69 Å². The molecule has 1 aliphatic rings. The lowest BCUT2D eigenvalue weighted by Gasteiger charge is -2.29. The zero-order valence-electron chi connectivity index (χ0n) is 8.86. The van der Waals surface area contributed by atoms with Gasteiger partial charge in [-0.15, -0.1) is 0 Å². The van der Waals surface area contributed by atoms with Gasteiger partial charge in [0.25, 0.3) is 0 Å². The molecule has 1 N–H and O–H groups in total. The summed E-state index contributed by atoms with van der Waals surface area (Å²) in [6.07, 6.45) is 0. The van der Waals surface area contributed by atoms with Gasteiger partial charge in [-0.05, 0) is 33.6 Å². The molecule has 1 aliphatic heterocycles. The molecule has 1 heterocycles. The number of halogens is 1. The van der Waals surface area contributed by atoms with Crippen LogP contribution in [0.1, 0.15) is 5.56 Å². The van der Waals surface area contributed by atoms with Gasteiger partial charge in [0.2, 0.25) is 0 Å². The molecule has 0 aromatic heterocycles. The standard InChI is InChI=1S/C11H14BrNO2S/c12-10-7-9(8-14)1-2-11(10)13-3-5-16(15)6-4-13/h1-2,7,14H,3-6,8H2. The number of aliphatic hydroxyl groups excluding tert-OH is 1. The van der Waals surface area contributed by atoms with Crippen molar-refractivity contribution in [1.29, 1.82) is 0 Å². The molecule has 0 radical (unpaired) electrons. The maximum atomic E-state index is 11.3. The van der Waals surface area contributed by atoms with E-state index < -0.39 is 10.8 Å². The minimum absolute atomic E-state index is 0.0584. The summed E-state index contributed by atoms with van der Waals surface area (Å²) in [5.41, 5.74) is 2.02. The van der Waals surface area contributed by atoms with Crippen LogP contribution in [-0.4, -0.2) is 33.9 Å². The Hall–Kier alpha value is -0.390. The fraction of sp³-hybridized carbons (Fsp3) is 0.455. The first kappa shape index (κ1) is 12.1. The lowest BCUT2D eigenvalue weighted by molar-refractivity contribution is 0.282. The van der Waals surface area contributed by atoms with E-state index in [9.17, 15) is 4.21 Å². The van der Waals surface area contributed by atoms with Crippen LogP contribution in [-0.2, 0) is 17.4 Å². The second-order valence-corrected chi connectivity index (χ2v) is 6.33. The first-order chi connectivity index (χ1) is 7.70. The zero-order valence-corrected chi connectivity index (χ0v) is 11.3. The van der Waals surface area contributed by atoms with Gasteiger partial charge in [-0.3, -0.25) is 4.21 Å². The van der Waals surface area contributed by atoms with E-state index in [1.807, 2.05) is 18.2 Å². The number of nitrogens with zero attached hydrogens (tertiary/aromatic N) is 1. The third-order valence-electron chi connectivity index (χ3n) is 2.71. The van der Waals surface area contributed by atoms with Crippen molar-refractivity contribution in [3.8, 4) is 0 Å². The summed E-state index contributed by atoms with van der Waals surface area (Å²) in [4.78, 5) is 2.23. The summed E-state index contributed by atoms with van der Waals surface area (Å²) in [6, 6.07) is 5.86. The van der Waals surface area contributed by atoms with Crippen LogP contribution >= 0.6 is 15.9 Å². The SMILES string of the molecule is O=S1CCN(c2ccc(CO)cc2Br)CC1. The highest BCUT2D eigenvalue weighted by molar-refractivity contribution is 9.10. The van der Waals surface area contributed by atoms with Crippen LogP contribution in [0.2, 0.25) is 0 Å². The first-order valence-electron chi connectivity index (χ1n) is 5.20. The Labute approximate surface area is 106 Å². The highest BCUT2D eigenvalue weighted by atomic mass is 79.9. The number of rotatable bonds is 2. The Balaban J connectivity index is 2.17. The van der Waals surface area contributed by atoms with Crippen molar-refractivity contribution < 1.29 is 9.32 Å². The third-order valence-corrected chi connectivity index (χ3v) is 4.62. The second kappa shape index (κ2) is 5.29. The highest BCUT2D eigenvalue weighted by Crippen LogP contribution is 2.28. The van der Waals surface area contributed by atoms with Crippen molar-refractivity contribution in [3.05, 3.63) is 28.2 Å². The van der Waals surface area contributed by atoms with Crippen molar-refractivity contribution in [2.45, 2.75) is 6.61 Å². The van der Waals surface area contributed by atoms with E-state index >= 15 is 0 Å². The Morgan fingerprint density at radius 2 is 2.06 bits per heavy atom. The molecule has 2 rings (SSSR count). The summed E-state index contributed by atoms with van der Waals surface area (Å²) >= 11 is 3.51. The quantitative estimate of drug-likeness (QED) is 0.900. The van der Waals surface area contributed by atoms with Crippen LogP contribution in [0, 0.1) is 0 Å². The molecule has 0 aliphatic carbocycles. The van der Waals surface area contributed by atoms with Gasteiger partial charge >= 0.3 is 0 Å². The van der Waals surface area contributed by atoms with E-state index in [0.717, 1.165) is 40.3 Å². The summed E-state index contributed by atoms with van der Waals surface area (Å²) in [5, 5.41) is 9.02. The molecule has 1 fully saturated rings. The summed E-state index contributed by atoms with van der Waals surface area (Å²) < 4.78 is 12.3. The van der Waals surface area contributed by atoms with Crippen LogP contribution in [0.3, 0.4) is 0 Å². The van der Waals surface area contributed by atoms with E-state index in [0.29, 0.717) is 0 Å². The van der Waals surface area contributed by atoms with Gasteiger partial charge in [0.05, 0.1) is 12.3 Å². The third kappa shape index (κ3) is 2.64. The Morgan fingerprint density at radius 1 is 1.38 bits per heavy atom. The van der Waals surface area contributed by atoms with Gasteiger partial charge in [0.15, 0.2) is 0 Å². The fourth-order valence-electron chi connectivity index (χ4n) is 1.78.